The lowest BCUT2D eigenvalue weighted by atomic mass is 10.2. The molecule has 0 saturated heterocycles. The zero-order valence-electron chi connectivity index (χ0n) is 7.44. The van der Waals surface area contributed by atoms with Crippen molar-refractivity contribution in [3.8, 4) is 0 Å². The van der Waals surface area contributed by atoms with Crippen LogP contribution in [0.5, 0.6) is 0 Å². The third kappa shape index (κ3) is 8.36. The lowest BCUT2D eigenvalue weighted by Crippen LogP contribution is -2.18. The molecule has 6 N–H and O–H groups in total. The molecule has 13 heavy (non-hydrogen) atoms. The molecule has 0 atom stereocenters. The number of hydrogen-bond donors (Lipinski definition) is 3. The van der Waals surface area contributed by atoms with Gasteiger partial charge in [0.2, 0.25) is 0 Å². The summed E-state index contributed by atoms with van der Waals surface area (Å²) in [5.74, 6) is 0. The highest BCUT2D eigenvalue weighted by Gasteiger charge is 1.84. The summed E-state index contributed by atoms with van der Waals surface area (Å²) in [5, 5.41) is 0. The molecular weight excluding hydrogens is 166 g/mol. The molecule has 0 aliphatic rings. The number of amides is 2. The van der Waals surface area contributed by atoms with Crippen molar-refractivity contribution >= 4 is 6.03 Å². The summed E-state index contributed by atoms with van der Waals surface area (Å²) >= 11 is 0. The van der Waals surface area contributed by atoms with Gasteiger partial charge in [0.25, 0.3) is 0 Å². The molecule has 0 saturated carbocycles. The Morgan fingerprint density at radius 3 is 2.00 bits per heavy atom. The Morgan fingerprint density at radius 2 is 1.62 bits per heavy atom. The van der Waals surface area contributed by atoms with Crippen molar-refractivity contribution in [2.45, 2.75) is 6.42 Å². The quantitative estimate of drug-likeness (QED) is 0.608. The number of rotatable bonds is 2. The van der Waals surface area contributed by atoms with Crippen molar-refractivity contribution in [3.05, 3.63) is 35.9 Å². The Kier molecular flexibility index (Phi) is 6.27. The van der Waals surface area contributed by atoms with Gasteiger partial charge in [-0.05, 0) is 18.5 Å². The monoisotopic (exact) mass is 181 g/mol. The summed E-state index contributed by atoms with van der Waals surface area (Å²) in [6.07, 6.45) is 0.987. The molecular formula is C9H15N3O. The van der Waals surface area contributed by atoms with Crippen LogP contribution in [0, 0.1) is 0 Å². The van der Waals surface area contributed by atoms with E-state index in [0.717, 1.165) is 13.0 Å². The number of benzene rings is 1. The summed E-state index contributed by atoms with van der Waals surface area (Å²) in [7, 11) is 0. The van der Waals surface area contributed by atoms with Crippen LogP contribution >= 0.6 is 0 Å². The molecule has 4 nitrogen and oxygen atoms in total. The van der Waals surface area contributed by atoms with E-state index in [1.807, 2.05) is 18.2 Å². The Morgan fingerprint density at radius 1 is 1.15 bits per heavy atom. The van der Waals surface area contributed by atoms with E-state index in [0.29, 0.717) is 0 Å². The van der Waals surface area contributed by atoms with Crippen LogP contribution in [-0.4, -0.2) is 12.6 Å². The van der Waals surface area contributed by atoms with Gasteiger partial charge < -0.3 is 17.2 Å². The Bertz CT molecular complexity index is 232. The average Bonchev–Trinajstić information content (AvgIpc) is 2.06. The van der Waals surface area contributed by atoms with Crippen molar-refractivity contribution in [1.29, 1.82) is 0 Å². The van der Waals surface area contributed by atoms with Gasteiger partial charge in [-0.15, -0.1) is 0 Å². The summed E-state index contributed by atoms with van der Waals surface area (Å²) < 4.78 is 0. The van der Waals surface area contributed by atoms with Crippen molar-refractivity contribution in [2.24, 2.45) is 17.2 Å². The second kappa shape index (κ2) is 7.12. The van der Waals surface area contributed by atoms with Crippen LogP contribution < -0.4 is 17.2 Å². The smallest absolute Gasteiger partial charge is 0.309 e. The molecule has 4 heteroatoms. The van der Waals surface area contributed by atoms with E-state index in [-0.39, 0.29) is 0 Å². The van der Waals surface area contributed by atoms with Gasteiger partial charge in [-0.2, -0.15) is 0 Å². The number of urea groups is 1. The van der Waals surface area contributed by atoms with Gasteiger partial charge in [0.05, 0.1) is 0 Å². The summed E-state index contributed by atoms with van der Waals surface area (Å²) in [4.78, 5) is 9.00. The molecule has 0 spiro atoms. The molecule has 1 aromatic rings. The highest BCUT2D eigenvalue weighted by Crippen LogP contribution is 1.96. The molecule has 0 aliphatic heterocycles. The molecule has 0 radical (unpaired) electrons. The molecule has 0 unspecified atom stereocenters. The molecule has 0 aliphatic carbocycles. The predicted octanol–water partition coefficient (Wildman–Crippen LogP) is 0.212. The maximum absolute atomic E-state index is 9.00. The first-order valence-electron chi connectivity index (χ1n) is 3.95. The highest BCUT2D eigenvalue weighted by atomic mass is 16.2. The standard InChI is InChI=1S/C8H11N.CH4N2O/c9-7-6-8-4-2-1-3-5-8;2-1(3)4/h1-5H,6-7,9H2;(H4,2,3,4). The summed E-state index contributed by atoms with van der Waals surface area (Å²) in [5.41, 5.74) is 15.2. The van der Waals surface area contributed by atoms with E-state index >= 15 is 0 Å². The average molecular weight is 181 g/mol. The first kappa shape index (κ1) is 11.4. The molecule has 0 aromatic heterocycles. The van der Waals surface area contributed by atoms with Crippen molar-refractivity contribution in [2.75, 3.05) is 6.54 Å². The fourth-order valence-electron chi connectivity index (χ4n) is 0.811. The summed E-state index contributed by atoms with van der Waals surface area (Å²) in [6.45, 7) is 0.740. The van der Waals surface area contributed by atoms with Crippen LogP contribution in [0.2, 0.25) is 0 Å². The Labute approximate surface area is 77.7 Å². The van der Waals surface area contributed by atoms with Crippen LogP contribution in [0.15, 0.2) is 30.3 Å². The van der Waals surface area contributed by atoms with Gasteiger partial charge in [-0.3, -0.25) is 0 Å². The van der Waals surface area contributed by atoms with Crippen LogP contribution in [0.25, 0.3) is 0 Å². The number of hydrogen-bond acceptors (Lipinski definition) is 2. The second-order valence-corrected chi connectivity index (χ2v) is 2.43. The maximum atomic E-state index is 9.00. The van der Waals surface area contributed by atoms with Crippen LogP contribution in [0.1, 0.15) is 5.56 Å². The summed E-state index contributed by atoms with van der Waals surface area (Å²) in [6, 6.07) is 9.43. The normalized spacial score (nSPS) is 8.38. The van der Waals surface area contributed by atoms with Crippen LogP contribution in [0.4, 0.5) is 4.79 Å². The first-order chi connectivity index (χ1) is 6.16. The number of carbonyl (C=O) groups excluding carboxylic acids is 1. The molecule has 0 fully saturated rings. The third-order valence-electron chi connectivity index (χ3n) is 1.28. The van der Waals surface area contributed by atoms with Gasteiger partial charge in [0.15, 0.2) is 0 Å². The molecule has 0 heterocycles. The van der Waals surface area contributed by atoms with E-state index in [2.05, 4.69) is 23.6 Å². The van der Waals surface area contributed by atoms with E-state index in [1.54, 1.807) is 0 Å². The van der Waals surface area contributed by atoms with E-state index < -0.39 is 6.03 Å². The van der Waals surface area contributed by atoms with Crippen molar-refractivity contribution in [1.82, 2.24) is 0 Å². The van der Waals surface area contributed by atoms with Gasteiger partial charge in [-0.1, -0.05) is 30.3 Å². The second-order valence-electron chi connectivity index (χ2n) is 2.43. The number of nitrogens with two attached hydrogens (primary N) is 3. The Hall–Kier alpha value is -1.55. The minimum atomic E-state index is -0.833. The van der Waals surface area contributed by atoms with Crippen molar-refractivity contribution in [3.63, 3.8) is 0 Å². The fourth-order valence-corrected chi connectivity index (χ4v) is 0.811. The molecule has 72 valence electrons. The first-order valence-corrected chi connectivity index (χ1v) is 3.95. The third-order valence-corrected chi connectivity index (χ3v) is 1.28. The Balaban J connectivity index is 0.000000310. The number of carbonyl (C=O) groups is 1. The molecule has 2 amide bonds. The van der Waals surface area contributed by atoms with Gasteiger partial charge >= 0.3 is 6.03 Å². The van der Waals surface area contributed by atoms with Crippen molar-refractivity contribution < 1.29 is 4.79 Å². The van der Waals surface area contributed by atoms with E-state index in [1.165, 1.54) is 5.56 Å². The SMILES string of the molecule is NC(N)=O.NCCc1ccccc1. The maximum Gasteiger partial charge on any atom is 0.309 e. The van der Waals surface area contributed by atoms with Crippen LogP contribution in [-0.2, 0) is 6.42 Å². The number of primary amides is 2. The molecule has 1 rings (SSSR count). The lowest BCUT2D eigenvalue weighted by molar-refractivity contribution is 0.256. The zero-order valence-corrected chi connectivity index (χ0v) is 7.44. The largest absolute Gasteiger partial charge is 0.352 e. The van der Waals surface area contributed by atoms with E-state index in [4.69, 9.17) is 10.5 Å². The molecule has 0 bridgehead atoms. The molecule has 1 aromatic carbocycles. The fraction of sp³-hybridized carbons (Fsp3) is 0.222. The highest BCUT2D eigenvalue weighted by molar-refractivity contribution is 5.69. The minimum Gasteiger partial charge on any atom is -0.352 e. The van der Waals surface area contributed by atoms with Crippen LogP contribution in [0.3, 0.4) is 0 Å². The van der Waals surface area contributed by atoms with Gasteiger partial charge in [0.1, 0.15) is 0 Å². The zero-order chi connectivity index (χ0) is 10.1. The lowest BCUT2D eigenvalue weighted by Gasteiger charge is -1.93. The minimum absolute atomic E-state index is 0.740. The van der Waals surface area contributed by atoms with Gasteiger partial charge in [0, 0.05) is 0 Å². The predicted molar refractivity (Wildman–Crippen MR) is 53.0 cm³/mol. The topological polar surface area (TPSA) is 95.1 Å². The van der Waals surface area contributed by atoms with Gasteiger partial charge in [-0.25, -0.2) is 4.79 Å². The van der Waals surface area contributed by atoms with E-state index in [9.17, 15) is 0 Å².